The van der Waals surface area contributed by atoms with Crippen LogP contribution in [0.2, 0.25) is 0 Å². The number of sulfonamides is 1. The summed E-state index contributed by atoms with van der Waals surface area (Å²) in [5.41, 5.74) is 2.82. The number of aryl methyl sites for hydroxylation is 1. The van der Waals surface area contributed by atoms with Crippen LogP contribution in [0.15, 0.2) is 78.0 Å². The average Bonchev–Trinajstić information content (AvgIpc) is 2.64. The van der Waals surface area contributed by atoms with Crippen molar-refractivity contribution in [2.24, 2.45) is 0 Å². The van der Waals surface area contributed by atoms with Gasteiger partial charge in [0.2, 0.25) is 0 Å². The van der Waals surface area contributed by atoms with E-state index in [2.05, 4.69) is 14.2 Å². The minimum atomic E-state index is -3.62. The maximum Gasteiger partial charge on any atom is 1.00 e. The molecule has 0 aliphatic rings. The van der Waals surface area contributed by atoms with Crippen LogP contribution in [0.25, 0.3) is 15.6 Å². The van der Waals surface area contributed by atoms with Crippen molar-refractivity contribution >= 4 is 21.8 Å². The number of nitrogens with zero attached hydrogens (tertiary/aromatic N) is 3. The molecule has 0 aliphatic heterocycles. The molecule has 8 heteroatoms. The Morgan fingerprint density at radius 3 is 1.68 bits per heavy atom. The molecule has 3 aromatic rings. The van der Waals surface area contributed by atoms with E-state index in [-0.39, 0.29) is 34.5 Å². The van der Waals surface area contributed by atoms with E-state index < -0.39 is 10.0 Å². The Kier molecular flexibility index (Phi) is 9.27. The van der Waals surface area contributed by atoms with Crippen molar-refractivity contribution in [3.05, 3.63) is 82.9 Å². The monoisotopic (exact) mass is 383 g/mol. The van der Waals surface area contributed by atoms with Gasteiger partial charge in [-0.25, -0.2) is 8.42 Å². The van der Waals surface area contributed by atoms with Gasteiger partial charge >= 0.3 is 29.6 Å². The number of halogens is 1. The van der Waals surface area contributed by atoms with Crippen molar-refractivity contribution in [3.8, 4) is 11.4 Å². The zero-order valence-electron chi connectivity index (χ0n) is 13.9. The van der Waals surface area contributed by atoms with E-state index in [4.69, 9.17) is 11.8 Å². The first-order valence-electron chi connectivity index (χ1n) is 7.00. The van der Waals surface area contributed by atoms with E-state index in [1.807, 2.05) is 43.3 Å². The Labute approximate surface area is 174 Å². The molecule has 5 nitrogen and oxygen atoms in total. The third kappa shape index (κ3) is 6.86. The number of hydrogen-bond donors (Lipinski definition) is 0. The SMILES string of the molecule is Cc1ccc(S(=O)(=O)[N-]Cl)cc1.[Na+].c1ccc(-c2ccccn2)nc1. The summed E-state index contributed by atoms with van der Waals surface area (Å²) in [6.07, 6.45) is 3.54. The first-order chi connectivity index (χ1) is 11.5. The second-order valence-corrected chi connectivity index (χ2v) is 6.76. The van der Waals surface area contributed by atoms with E-state index in [9.17, 15) is 8.42 Å². The predicted molar refractivity (Wildman–Crippen MR) is 95.0 cm³/mol. The summed E-state index contributed by atoms with van der Waals surface area (Å²) in [5, 5.41) is 0. The van der Waals surface area contributed by atoms with Gasteiger partial charge in [-0.15, -0.1) is 0 Å². The van der Waals surface area contributed by atoms with Crippen molar-refractivity contribution < 1.29 is 38.0 Å². The summed E-state index contributed by atoms with van der Waals surface area (Å²) in [6, 6.07) is 17.9. The fourth-order valence-electron chi connectivity index (χ4n) is 1.78. The Hall–Kier alpha value is -1.28. The van der Waals surface area contributed by atoms with Crippen LogP contribution in [0, 0.1) is 6.92 Å². The molecule has 0 saturated heterocycles. The van der Waals surface area contributed by atoms with Crippen LogP contribution in [-0.4, -0.2) is 18.4 Å². The van der Waals surface area contributed by atoms with Gasteiger partial charge < -0.3 is 4.24 Å². The Bertz CT molecular complexity index is 824. The van der Waals surface area contributed by atoms with E-state index in [1.165, 1.54) is 12.1 Å². The molecular formula is C17H15ClN3NaO2S. The smallest absolute Gasteiger partial charge is 0.458 e. The van der Waals surface area contributed by atoms with E-state index in [0.29, 0.717) is 0 Å². The van der Waals surface area contributed by atoms with Gasteiger partial charge in [0.1, 0.15) is 10.0 Å². The van der Waals surface area contributed by atoms with E-state index in [1.54, 1.807) is 24.5 Å². The van der Waals surface area contributed by atoms with Gasteiger partial charge in [-0.2, -0.15) is 0 Å². The molecule has 0 atom stereocenters. The molecule has 0 radical (unpaired) electrons. The molecular weight excluding hydrogens is 369 g/mol. The Morgan fingerprint density at radius 2 is 1.32 bits per heavy atom. The summed E-state index contributed by atoms with van der Waals surface area (Å²) in [6.45, 7) is 1.87. The van der Waals surface area contributed by atoms with Gasteiger partial charge in [0.15, 0.2) is 0 Å². The van der Waals surface area contributed by atoms with E-state index in [0.717, 1.165) is 17.0 Å². The van der Waals surface area contributed by atoms with E-state index >= 15 is 0 Å². The number of aromatic nitrogens is 2. The molecule has 0 amide bonds. The van der Waals surface area contributed by atoms with Crippen molar-refractivity contribution in [2.75, 3.05) is 0 Å². The molecule has 124 valence electrons. The molecule has 0 unspecified atom stereocenters. The van der Waals surface area contributed by atoms with Crippen LogP contribution in [0.3, 0.4) is 0 Å². The molecule has 2 aromatic heterocycles. The number of benzene rings is 1. The number of rotatable bonds is 3. The average molecular weight is 384 g/mol. The molecule has 2 heterocycles. The fraction of sp³-hybridized carbons (Fsp3) is 0.0588. The normalized spacial score (nSPS) is 10.2. The van der Waals surface area contributed by atoms with Crippen molar-refractivity contribution in [2.45, 2.75) is 11.8 Å². The zero-order chi connectivity index (χ0) is 17.4. The van der Waals surface area contributed by atoms with Crippen LogP contribution in [-0.2, 0) is 10.0 Å². The van der Waals surface area contributed by atoms with Gasteiger partial charge in [-0.1, -0.05) is 29.8 Å². The summed E-state index contributed by atoms with van der Waals surface area (Å²) in [5.74, 6) is 0. The van der Waals surface area contributed by atoms with Crippen LogP contribution in [0.1, 0.15) is 5.56 Å². The van der Waals surface area contributed by atoms with Crippen LogP contribution in [0.5, 0.6) is 0 Å². The van der Waals surface area contributed by atoms with Gasteiger partial charge in [0.25, 0.3) is 0 Å². The maximum absolute atomic E-state index is 11.0. The van der Waals surface area contributed by atoms with Gasteiger partial charge in [-0.05, 0) is 43.3 Å². The predicted octanol–water partition coefficient (Wildman–Crippen LogP) is 1.36. The summed E-state index contributed by atoms with van der Waals surface area (Å²) >= 11 is 4.90. The summed E-state index contributed by atoms with van der Waals surface area (Å²) in [7, 11) is -3.62. The minimum Gasteiger partial charge on any atom is -0.458 e. The van der Waals surface area contributed by atoms with Gasteiger partial charge in [0, 0.05) is 17.3 Å². The summed E-state index contributed by atoms with van der Waals surface area (Å²) in [4.78, 5) is 8.49. The third-order valence-corrected chi connectivity index (χ3v) is 4.60. The van der Waals surface area contributed by atoms with Crippen molar-refractivity contribution in [3.63, 3.8) is 0 Å². The standard InChI is InChI=1S/C10H8N2.C7H7ClNO2S.Na/c1-3-7-11-9(5-1)10-6-2-4-8-12-10;1-6-2-4-7(5-3-6)12(10,11)9-8;/h1-8H;2-5H,1H3;/q;-1;+1. The molecule has 3 rings (SSSR count). The van der Waals surface area contributed by atoms with Crippen LogP contribution < -0.4 is 29.6 Å². The van der Waals surface area contributed by atoms with Gasteiger partial charge in [-0.3, -0.25) is 21.7 Å². The topological polar surface area (TPSA) is 74.0 Å². The second kappa shape index (κ2) is 10.7. The molecule has 0 aliphatic carbocycles. The molecule has 0 spiro atoms. The molecule has 1 aromatic carbocycles. The third-order valence-electron chi connectivity index (χ3n) is 3.00. The minimum absolute atomic E-state index is 0. The summed E-state index contributed by atoms with van der Waals surface area (Å²) < 4.78 is 24.8. The molecule has 0 fully saturated rings. The number of hydrogen-bond acceptors (Lipinski definition) is 4. The van der Waals surface area contributed by atoms with Crippen LogP contribution >= 0.6 is 11.8 Å². The van der Waals surface area contributed by atoms with Crippen molar-refractivity contribution in [1.82, 2.24) is 9.97 Å². The Morgan fingerprint density at radius 1 is 0.840 bits per heavy atom. The zero-order valence-corrected chi connectivity index (χ0v) is 17.4. The first kappa shape index (κ1) is 21.8. The van der Waals surface area contributed by atoms with Gasteiger partial charge in [0.05, 0.1) is 11.4 Å². The molecule has 0 N–H and O–H groups in total. The molecule has 0 bridgehead atoms. The second-order valence-electron chi connectivity index (χ2n) is 4.79. The Balaban J connectivity index is 0.000000240. The van der Waals surface area contributed by atoms with Crippen molar-refractivity contribution in [1.29, 1.82) is 0 Å². The maximum atomic E-state index is 11.0. The largest absolute Gasteiger partial charge is 1.00 e. The number of pyridine rings is 2. The molecule has 25 heavy (non-hydrogen) atoms. The first-order valence-corrected chi connectivity index (χ1v) is 8.78. The fourth-order valence-corrected chi connectivity index (χ4v) is 2.58. The molecule has 0 saturated carbocycles. The quantitative estimate of drug-likeness (QED) is 0.640. The van der Waals surface area contributed by atoms with Crippen LogP contribution in [0.4, 0.5) is 0 Å².